The molecule has 0 aliphatic carbocycles. The molecule has 0 saturated carbocycles. The van der Waals surface area contributed by atoms with Crippen molar-refractivity contribution in [1.29, 1.82) is 0 Å². The van der Waals surface area contributed by atoms with Crippen molar-refractivity contribution in [3.8, 4) is 0 Å². The molecule has 0 aromatic heterocycles. The molecule has 0 N–H and O–H groups in total. The van der Waals surface area contributed by atoms with Crippen molar-refractivity contribution in [3.63, 3.8) is 0 Å². The van der Waals surface area contributed by atoms with Crippen LogP contribution in [0.2, 0.25) is 14.6 Å². The normalized spacial score (nSPS) is 13.7. The van der Waals surface area contributed by atoms with E-state index in [1.807, 2.05) is 0 Å². The minimum absolute atomic E-state index is 1.74. The first-order valence-corrected chi connectivity index (χ1v) is 12.5. The molecule has 0 aliphatic heterocycles. The van der Waals surface area contributed by atoms with Crippen LogP contribution >= 0.6 is 0 Å². The van der Waals surface area contributed by atoms with E-state index in [-0.39, 0.29) is 0 Å². The molecule has 0 unspecified atom stereocenters. The third-order valence-electron chi connectivity index (χ3n) is 0.697. The van der Waals surface area contributed by atoms with Crippen LogP contribution in [0.5, 0.6) is 0 Å². The third kappa shape index (κ3) is 3.46. The Labute approximate surface area is 60.3 Å². The van der Waals surface area contributed by atoms with Gasteiger partial charge in [-0.1, -0.05) is 0 Å². The number of hydrogen-bond acceptors (Lipinski definition) is 2. The van der Waals surface area contributed by atoms with Crippen molar-refractivity contribution in [1.82, 2.24) is 0 Å². The van der Waals surface area contributed by atoms with Gasteiger partial charge in [-0.2, -0.15) is 0 Å². The molecule has 0 heterocycles. The predicted molar refractivity (Wildman–Crippen MR) is 41.6 cm³/mol. The van der Waals surface area contributed by atoms with Crippen molar-refractivity contribution in [3.05, 3.63) is 20.9 Å². The van der Waals surface area contributed by atoms with E-state index in [1.54, 1.807) is 14.6 Å². The molecule has 0 spiro atoms. The fraction of sp³-hybridized carbons (Fsp3) is 1.00. The van der Waals surface area contributed by atoms with Crippen molar-refractivity contribution in [2.45, 2.75) is 14.6 Å². The van der Waals surface area contributed by atoms with Crippen LogP contribution in [0, 0.1) is 0 Å². The van der Waals surface area contributed by atoms with E-state index in [9.17, 15) is 0 Å². The van der Waals surface area contributed by atoms with Crippen LogP contribution in [0.25, 0.3) is 20.9 Å². The molecule has 0 aromatic carbocycles. The summed E-state index contributed by atoms with van der Waals surface area (Å²) in [7, 11) is 0. The van der Waals surface area contributed by atoms with Crippen molar-refractivity contribution < 1.29 is 0 Å². The Morgan fingerprint density at radius 3 is 1.50 bits per heavy atom. The average molecular weight is 251 g/mol. The summed E-state index contributed by atoms with van der Waals surface area (Å²) in [4.78, 5) is 10.5. The summed E-state index contributed by atoms with van der Waals surface area (Å²) in [5, 5.41) is 0. The molecule has 0 amide bonds. The Morgan fingerprint density at radius 2 is 1.30 bits per heavy atom. The molecular weight excluding hydrogens is 242 g/mol. The van der Waals surface area contributed by atoms with Crippen molar-refractivity contribution in [2.75, 3.05) is 0 Å². The molecule has 10 heavy (non-hydrogen) atoms. The van der Waals surface area contributed by atoms with E-state index in [0.717, 1.165) is 0 Å². The average Bonchev–Trinajstić information content (AvgIpc) is 1.61. The minimum atomic E-state index is -3.48. The summed E-state index contributed by atoms with van der Waals surface area (Å²) in [6.45, 7) is 0. The summed E-state index contributed by atoms with van der Waals surface area (Å²) in [5.41, 5.74) is 16.2. The van der Waals surface area contributed by atoms with E-state index >= 15 is 0 Å². The Bertz CT molecular complexity index is 201. The Morgan fingerprint density at radius 1 is 1.00 bits per heavy atom. The zero-order valence-corrected chi connectivity index (χ0v) is 8.68. The Hall–Kier alpha value is -0.562. The summed E-state index contributed by atoms with van der Waals surface area (Å²) in [5.74, 6) is 0. The van der Waals surface area contributed by atoms with Gasteiger partial charge in [-0.25, -0.2) is 0 Å². The maximum atomic E-state index is 8.12. The SMILES string of the molecule is [CH3][Sb]([CH3])([CH3])([N]=[N+]=[N-])[N]=[N+]=[N-]. The molecule has 0 bridgehead atoms. The first-order chi connectivity index (χ1) is 4.39. The van der Waals surface area contributed by atoms with Crippen LogP contribution in [-0.2, 0) is 0 Å². The van der Waals surface area contributed by atoms with Crippen LogP contribution in [0.15, 0.2) is 6.55 Å². The quantitative estimate of drug-likeness (QED) is 0.312. The molecule has 0 fully saturated rings. The third-order valence-corrected chi connectivity index (χ3v) is 4.67. The van der Waals surface area contributed by atoms with Gasteiger partial charge in [0.1, 0.15) is 0 Å². The number of rotatable bonds is 2. The van der Waals surface area contributed by atoms with Gasteiger partial charge in [0.15, 0.2) is 0 Å². The number of azide groups is 1. The molecule has 56 valence electrons. The van der Waals surface area contributed by atoms with Gasteiger partial charge in [0.2, 0.25) is 0 Å². The van der Waals surface area contributed by atoms with Crippen LogP contribution < -0.4 is 0 Å². The molecule has 0 atom stereocenters. The van der Waals surface area contributed by atoms with Crippen LogP contribution in [0.4, 0.5) is 0 Å². The topological polar surface area (TPSA) is 97.5 Å². The standard InChI is InChI=1S/3CH3.2N3.Sb/c;;;2*1-3-2;/h3*1H3;;;/q;;;2*-1;+2. The molecule has 6 nitrogen and oxygen atoms in total. The zero-order valence-electron chi connectivity index (χ0n) is 6.13. The van der Waals surface area contributed by atoms with E-state index in [4.69, 9.17) is 11.1 Å². The van der Waals surface area contributed by atoms with E-state index in [1.165, 1.54) is 0 Å². The van der Waals surface area contributed by atoms with Crippen LogP contribution in [-0.4, -0.2) is 18.0 Å². The second-order valence-electron chi connectivity index (χ2n) is 2.99. The molecule has 7 heteroatoms. The van der Waals surface area contributed by atoms with Gasteiger partial charge in [0.25, 0.3) is 0 Å². The van der Waals surface area contributed by atoms with Gasteiger partial charge >= 0.3 is 60.0 Å². The predicted octanol–water partition coefficient (Wildman–Crippen LogP) is 2.89. The summed E-state index contributed by atoms with van der Waals surface area (Å²) in [6, 6.07) is 0. The molecule has 0 aliphatic rings. The molecule has 0 saturated heterocycles. The fourth-order valence-electron chi connectivity index (χ4n) is 0.294. The zero-order chi connectivity index (χ0) is 8.28. The van der Waals surface area contributed by atoms with E-state index in [2.05, 4.69) is 16.4 Å². The van der Waals surface area contributed by atoms with Gasteiger partial charge in [-0.15, -0.1) is 0 Å². The first-order valence-electron chi connectivity index (χ1n) is 2.54. The first kappa shape index (κ1) is 9.44. The summed E-state index contributed by atoms with van der Waals surface area (Å²) in [6.07, 6.45) is 0. The summed E-state index contributed by atoms with van der Waals surface area (Å²) >= 11 is -3.48. The molecule has 0 rings (SSSR count). The van der Waals surface area contributed by atoms with Gasteiger partial charge in [-0.05, 0) is 0 Å². The second-order valence-corrected chi connectivity index (χ2v) is 19.0. The van der Waals surface area contributed by atoms with Gasteiger partial charge < -0.3 is 0 Å². The molecule has 0 radical (unpaired) electrons. The second kappa shape index (κ2) is 2.59. The number of nitrogens with zero attached hydrogens (tertiary/aromatic N) is 6. The van der Waals surface area contributed by atoms with Crippen molar-refractivity contribution >= 4 is 18.0 Å². The van der Waals surface area contributed by atoms with Crippen molar-refractivity contribution in [2.24, 2.45) is 6.55 Å². The number of hydrogen-bond donors (Lipinski definition) is 0. The summed E-state index contributed by atoms with van der Waals surface area (Å²) < 4.78 is 7.08. The Balaban J connectivity index is 4.94. The van der Waals surface area contributed by atoms with Crippen LogP contribution in [0.1, 0.15) is 0 Å². The monoisotopic (exact) mass is 250 g/mol. The van der Waals surface area contributed by atoms with Crippen LogP contribution in [0.3, 0.4) is 0 Å². The molecule has 0 aromatic rings. The fourth-order valence-corrected chi connectivity index (χ4v) is 1.97. The van der Waals surface area contributed by atoms with Gasteiger partial charge in [-0.3, -0.25) is 0 Å². The van der Waals surface area contributed by atoms with E-state index < -0.39 is 18.0 Å². The Kier molecular flexibility index (Phi) is 2.44. The maximum absolute atomic E-state index is 8.12. The molecular formula is C3H9N6Sb. The van der Waals surface area contributed by atoms with E-state index in [0.29, 0.717) is 0 Å². The van der Waals surface area contributed by atoms with Gasteiger partial charge in [0.05, 0.1) is 0 Å². The van der Waals surface area contributed by atoms with Gasteiger partial charge in [0, 0.05) is 0 Å².